The van der Waals surface area contributed by atoms with Gasteiger partial charge in [0.2, 0.25) is 0 Å². The summed E-state index contributed by atoms with van der Waals surface area (Å²) in [6.07, 6.45) is 1.69. The molecule has 0 bridgehead atoms. The Morgan fingerprint density at radius 3 is 2.33 bits per heavy atom. The average molecular weight is 244 g/mol. The summed E-state index contributed by atoms with van der Waals surface area (Å²) in [5, 5.41) is 3.34. The van der Waals surface area contributed by atoms with Crippen molar-refractivity contribution in [3.8, 4) is 0 Å². The molecule has 3 heteroatoms. The van der Waals surface area contributed by atoms with E-state index in [9.17, 15) is 0 Å². The van der Waals surface area contributed by atoms with Crippen LogP contribution in [-0.4, -0.2) is 13.1 Å². The lowest BCUT2D eigenvalue weighted by Gasteiger charge is -2.21. The Morgan fingerprint density at radius 1 is 1.06 bits per heavy atom. The van der Waals surface area contributed by atoms with Gasteiger partial charge < -0.3 is 14.6 Å². The van der Waals surface area contributed by atoms with Crippen LogP contribution in [0.1, 0.15) is 19.6 Å². The predicted octanol–water partition coefficient (Wildman–Crippen LogP) is 3.74. The fraction of sp³-hybridized carbons (Fsp3) is 0.333. The number of rotatable bonds is 6. The zero-order valence-corrected chi connectivity index (χ0v) is 11.0. The summed E-state index contributed by atoms with van der Waals surface area (Å²) in [6, 6.07) is 12.4. The highest BCUT2D eigenvalue weighted by Crippen LogP contribution is 2.18. The first-order valence-corrected chi connectivity index (χ1v) is 6.44. The molecule has 1 aromatic heterocycles. The molecule has 0 atom stereocenters. The maximum Gasteiger partial charge on any atom is 0.122 e. The molecule has 0 amide bonds. The van der Waals surface area contributed by atoms with E-state index in [1.165, 1.54) is 5.69 Å². The van der Waals surface area contributed by atoms with Crippen LogP contribution < -0.4 is 10.2 Å². The smallest absolute Gasteiger partial charge is 0.122 e. The average Bonchev–Trinajstić information content (AvgIpc) is 2.92. The molecule has 1 N–H and O–H groups in total. The minimum atomic E-state index is 0.720. The van der Waals surface area contributed by atoms with E-state index in [-0.39, 0.29) is 0 Å². The van der Waals surface area contributed by atoms with Crippen LogP contribution in [0.15, 0.2) is 47.1 Å². The van der Waals surface area contributed by atoms with Gasteiger partial charge in [0, 0.05) is 24.5 Å². The Morgan fingerprint density at radius 2 is 1.78 bits per heavy atom. The molecular formula is C15H20N2O. The van der Waals surface area contributed by atoms with Crippen LogP contribution in [0.5, 0.6) is 0 Å². The highest BCUT2D eigenvalue weighted by molar-refractivity contribution is 5.55. The summed E-state index contributed by atoms with van der Waals surface area (Å²) < 4.78 is 5.28. The van der Waals surface area contributed by atoms with Crippen LogP contribution in [0.3, 0.4) is 0 Å². The first kappa shape index (κ1) is 12.6. The summed E-state index contributed by atoms with van der Waals surface area (Å²) in [5.41, 5.74) is 2.38. The van der Waals surface area contributed by atoms with E-state index in [4.69, 9.17) is 4.42 Å². The summed E-state index contributed by atoms with van der Waals surface area (Å²) in [7, 11) is 0. The van der Waals surface area contributed by atoms with Gasteiger partial charge in [-0.1, -0.05) is 0 Å². The molecule has 0 radical (unpaired) electrons. The molecule has 0 aliphatic carbocycles. The van der Waals surface area contributed by atoms with E-state index < -0.39 is 0 Å². The molecule has 18 heavy (non-hydrogen) atoms. The first-order valence-electron chi connectivity index (χ1n) is 6.44. The van der Waals surface area contributed by atoms with Crippen molar-refractivity contribution in [2.24, 2.45) is 0 Å². The van der Waals surface area contributed by atoms with Crippen molar-refractivity contribution in [1.82, 2.24) is 0 Å². The largest absolute Gasteiger partial charge is 0.467 e. The lowest BCUT2D eigenvalue weighted by molar-refractivity contribution is 0.518. The molecule has 1 aromatic carbocycles. The fourth-order valence-electron chi connectivity index (χ4n) is 1.98. The zero-order valence-electron chi connectivity index (χ0n) is 11.0. The molecule has 0 saturated carbocycles. The highest BCUT2D eigenvalue weighted by atomic mass is 16.3. The van der Waals surface area contributed by atoms with Gasteiger partial charge in [-0.05, 0) is 50.2 Å². The van der Waals surface area contributed by atoms with Gasteiger partial charge in [-0.25, -0.2) is 0 Å². The van der Waals surface area contributed by atoms with Gasteiger partial charge >= 0.3 is 0 Å². The van der Waals surface area contributed by atoms with Crippen LogP contribution >= 0.6 is 0 Å². The Labute approximate surface area is 108 Å². The van der Waals surface area contributed by atoms with Crippen LogP contribution in [0.4, 0.5) is 11.4 Å². The number of benzene rings is 1. The summed E-state index contributed by atoms with van der Waals surface area (Å²) >= 11 is 0. The molecule has 0 spiro atoms. The molecule has 0 unspecified atom stereocenters. The minimum Gasteiger partial charge on any atom is -0.467 e. The predicted molar refractivity (Wildman–Crippen MR) is 76.0 cm³/mol. The number of furan rings is 1. The molecule has 1 heterocycles. The Balaban J connectivity index is 1.95. The van der Waals surface area contributed by atoms with Crippen molar-refractivity contribution < 1.29 is 4.42 Å². The lowest BCUT2D eigenvalue weighted by atomic mass is 10.2. The van der Waals surface area contributed by atoms with E-state index in [2.05, 4.69) is 48.3 Å². The summed E-state index contributed by atoms with van der Waals surface area (Å²) in [6.45, 7) is 7.14. The van der Waals surface area contributed by atoms with Crippen LogP contribution in [0.25, 0.3) is 0 Å². The molecule has 0 aliphatic rings. The number of hydrogen-bond acceptors (Lipinski definition) is 3. The number of anilines is 2. The molecule has 0 fully saturated rings. The molecule has 3 nitrogen and oxygen atoms in total. The highest BCUT2D eigenvalue weighted by Gasteiger charge is 2.01. The van der Waals surface area contributed by atoms with Crippen molar-refractivity contribution in [3.05, 3.63) is 48.4 Å². The van der Waals surface area contributed by atoms with Gasteiger partial charge in [0.1, 0.15) is 5.76 Å². The zero-order chi connectivity index (χ0) is 12.8. The molecule has 2 aromatic rings. The topological polar surface area (TPSA) is 28.4 Å². The fourth-order valence-corrected chi connectivity index (χ4v) is 1.98. The number of nitrogens with zero attached hydrogens (tertiary/aromatic N) is 1. The second-order valence-electron chi connectivity index (χ2n) is 4.15. The van der Waals surface area contributed by atoms with Crippen molar-refractivity contribution >= 4 is 11.4 Å². The third-order valence-corrected chi connectivity index (χ3v) is 3.04. The first-order chi connectivity index (χ1) is 8.83. The van der Waals surface area contributed by atoms with Gasteiger partial charge in [-0.3, -0.25) is 0 Å². The Hall–Kier alpha value is -1.90. The third-order valence-electron chi connectivity index (χ3n) is 3.04. The number of hydrogen-bond donors (Lipinski definition) is 1. The third kappa shape index (κ3) is 3.06. The van der Waals surface area contributed by atoms with Crippen molar-refractivity contribution in [2.75, 3.05) is 23.3 Å². The normalized spacial score (nSPS) is 10.3. The van der Waals surface area contributed by atoms with E-state index in [0.717, 1.165) is 31.1 Å². The quantitative estimate of drug-likeness (QED) is 0.839. The lowest BCUT2D eigenvalue weighted by Crippen LogP contribution is -2.21. The standard InChI is InChI=1S/C15H20N2O/c1-3-17(4-2)14-9-7-13(8-10-14)16-12-15-6-5-11-18-15/h5-11,16H,3-4,12H2,1-2H3. The van der Waals surface area contributed by atoms with E-state index in [0.29, 0.717) is 0 Å². The number of nitrogens with one attached hydrogen (secondary N) is 1. The van der Waals surface area contributed by atoms with Crippen molar-refractivity contribution in [3.63, 3.8) is 0 Å². The van der Waals surface area contributed by atoms with E-state index >= 15 is 0 Å². The van der Waals surface area contributed by atoms with Crippen LogP contribution in [0, 0.1) is 0 Å². The Kier molecular flexibility index (Phi) is 4.29. The van der Waals surface area contributed by atoms with Crippen LogP contribution in [-0.2, 0) is 6.54 Å². The van der Waals surface area contributed by atoms with Crippen molar-refractivity contribution in [1.29, 1.82) is 0 Å². The maximum atomic E-state index is 5.28. The Bertz CT molecular complexity index is 444. The SMILES string of the molecule is CCN(CC)c1ccc(NCc2ccco2)cc1. The molecule has 96 valence electrons. The van der Waals surface area contributed by atoms with Crippen LogP contribution in [0.2, 0.25) is 0 Å². The molecule has 2 rings (SSSR count). The van der Waals surface area contributed by atoms with E-state index in [1.54, 1.807) is 6.26 Å². The van der Waals surface area contributed by atoms with Gasteiger partial charge in [0.25, 0.3) is 0 Å². The molecular weight excluding hydrogens is 224 g/mol. The second kappa shape index (κ2) is 6.15. The van der Waals surface area contributed by atoms with Crippen molar-refractivity contribution in [2.45, 2.75) is 20.4 Å². The summed E-state index contributed by atoms with van der Waals surface area (Å²) in [4.78, 5) is 2.33. The molecule has 0 saturated heterocycles. The maximum absolute atomic E-state index is 5.28. The minimum absolute atomic E-state index is 0.720. The monoisotopic (exact) mass is 244 g/mol. The van der Waals surface area contributed by atoms with Gasteiger partial charge in [0.15, 0.2) is 0 Å². The van der Waals surface area contributed by atoms with E-state index in [1.807, 2.05) is 12.1 Å². The second-order valence-corrected chi connectivity index (χ2v) is 4.15. The van der Waals surface area contributed by atoms with Gasteiger partial charge in [-0.15, -0.1) is 0 Å². The van der Waals surface area contributed by atoms with Gasteiger partial charge in [-0.2, -0.15) is 0 Å². The molecule has 0 aliphatic heterocycles. The van der Waals surface area contributed by atoms with Gasteiger partial charge in [0.05, 0.1) is 12.8 Å². The summed E-state index contributed by atoms with van der Waals surface area (Å²) in [5.74, 6) is 0.947.